The van der Waals surface area contributed by atoms with E-state index in [1.807, 2.05) is 38.1 Å². The van der Waals surface area contributed by atoms with Gasteiger partial charge in [0.05, 0.1) is 11.6 Å². The molecule has 0 bridgehead atoms. The molecule has 0 aliphatic heterocycles. The molecule has 0 radical (unpaired) electrons. The quantitative estimate of drug-likeness (QED) is 0.856. The van der Waals surface area contributed by atoms with E-state index >= 15 is 0 Å². The summed E-state index contributed by atoms with van der Waals surface area (Å²) in [4.78, 5) is 6.71. The molecule has 19 heavy (non-hydrogen) atoms. The number of benzene rings is 1. The van der Waals surface area contributed by atoms with E-state index in [-0.39, 0.29) is 0 Å². The molecular weight excluding hydrogens is 258 g/mol. The van der Waals surface area contributed by atoms with Gasteiger partial charge in [-0.3, -0.25) is 0 Å². The maximum Gasteiger partial charge on any atom is 0.132 e. The number of aryl methyl sites for hydroxylation is 2. The lowest BCUT2D eigenvalue weighted by molar-refractivity contribution is 0.968. The van der Waals surface area contributed by atoms with Gasteiger partial charge >= 0.3 is 0 Å². The highest BCUT2D eigenvalue weighted by molar-refractivity contribution is 6.31. The van der Waals surface area contributed by atoms with Gasteiger partial charge in [-0.1, -0.05) is 11.6 Å². The Bertz CT molecular complexity index is 656. The summed E-state index contributed by atoms with van der Waals surface area (Å²) in [6.07, 6.45) is 1.20. The zero-order valence-electron chi connectivity index (χ0n) is 11.4. The fourth-order valence-corrected chi connectivity index (χ4v) is 2.50. The Labute approximate surface area is 118 Å². The van der Waals surface area contributed by atoms with E-state index < -0.39 is 0 Å². The Hall–Kier alpha value is -1.79. The van der Waals surface area contributed by atoms with Crippen molar-refractivity contribution in [2.45, 2.75) is 19.8 Å². The molecule has 0 saturated heterocycles. The van der Waals surface area contributed by atoms with Crippen molar-refractivity contribution < 1.29 is 0 Å². The summed E-state index contributed by atoms with van der Waals surface area (Å²) in [6.45, 7) is 2.01. The first-order valence-electron chi connectivity index (χ1n) is 6.17. The minimum absolute atomic E-state index is 0.494. The molecule has 1 heterocycles. The number of fused-ring (bicyclic) bond motifs is 1. The predicted molar refractivity (Wildman–Crippen MR) is 79.8 cm³/mol. The Morgan fingerprint density at radius 1 is 1.32 bits per heavy atom. The van der Waals surface area contributed by atoms with Crippen LogP contribution in [0.15, 0.2) is 18.2 Å². The number of nitrogens with zero attached hydrogens (tertiary/aromatic N) is 3. The van der Waals surface area contributed by atoms with Crippen LogP contribution in [0.25, 0.3) is 10.9 Å². The van der Waals surface area contributed by atoms with Crippen molar-refractivity contribution in [1.82, 2.24) is 4.98 Å². The van der Waals surface area contributed by atoms with Gasteiger partial charge in [-0.05, 0) is 42.7 Å². The molecule has 0 N–H and O–H groups in total. The van der Waals surface area contributed by atoms with Crippen molar-refractivity contribution in [1.29, 1.82) is 5.26 Å². The number of pyridine rings is 1. The second kappa shape index (κ2) is 5.46. The van der Waals surface area contributed by atoms with E-state index in [0.29, 0.717) is 12.8 Å². The largest absolute Gasteiger partial charge is 0.362 e. The van der Waals surface area contributed by atoms with Gasteiger partial charge in [0.2, 0.25) is 0 Å². The van der Waals surface area contributed by atoms with Crippen LogP contribution >= 0.6 is 11.6 Å². The van der Waals surface area contributed by atoms with Gasteiger partial charge in [0, 0.05) is 30.9 Å². The Kier molecular flexibility index (Phi) is 3.92. The average Bonchev–Trinajstić information content (AvgIpc) is 2.34. The van der Waals surface area contributed by atoms with E-state index in [4.69, 9.17) is 21.8 Å². The zero-order valence-corrected chi connectivity index (χ0v) is 12.1. The van der Waals surface area contributed by atoms with Crippen molar-refractivity contribution in [2.24, 2.45) is 0 Å². The van der Waals surface area contributed by atoms with Crippen molar-refractivity contribution >= 4 is 28.3 Å². The highest BCUT2D eigenvalue weighted by Crippen LogP contribution is 2.28. The molecule has 98 valence electrons. The molecule has 3 nitrogen and oxygen atoms in total. The summed E-state index contributed by atoms with van der Waals surface area (Å²) in [6, 6.07) is 8.12. The Morgan fingerprint density at radius 3 is 2.68 bits per heavy atom. The van der Waals surface area contributed by atoms with Crippen LogP contribution in [0.3, 0.4) is 0 Å². The fourth-order valence-electron chi connectivity index (χ4n) is 2.22. The van der Waals surface area contributed by atoms with Crippen LogP contribution in [-0.4, -0.2) is 19.1 Å². The molecule has 1 aromatic carbocycles. The minimum Gasteiger partial charge on any atom is -0.362 e. The van der Waals surface area contributed by atoms with Gasteiger partial charge in [-0.25, -0.2) is 4.98 Å². The first-order chi connectivity index (χ1) is 9.02. The number of aromatic nitrogens is 1. The highest BCUT2D eigenvalue weighted by Gasteiger charge is 2.10. The van der Waals surface area contributed by atoms with Crippen molar-refractivity contribution in [3.63, 3.8) is 0 Å². The lowest BCUT2D eigenvalue weighted by Gasteiger charge is -2.17. The first kappa shape index (κ1) is 13.6. The molecule has 0 spiro atoms. The molecule has 1 aromatic heterocycles. The molecule has 0 aliphatic rings. The lowest BCUT2D eigenvalue weighted by atomic mass is 10.1. The topological polar surface area (TPSA) is 39.9 Å². The second-order valence-corrected chi connectivity index (χ2v) is 5.25. The molecule has 0 amide bonds. The molecule has 2 rings (SSSR count). The van der Waals surface area contributed by atoms with E-state index in [0.717, 1.165) is 32.9 Å². The van der Waals surface area contributed by atoms with E-state index in [2.05, 4.69) is 12.1 Å². The summed E-state index contributed by atoms with van der Waals surface area (Å²) in [5, 5.41) is 10.5. The third-order valence-electron chi connectivity index (χ3n) is 3.06. The van der Waals surface area contributed by atoms with Gasteiger partial charge in [0.1, 0.15) is 5.82 Å². The van der Waals surface area contributed by atoms with Crippen LogP contribution in [0.2, 0.25) is 5.02 Å². The monoisotopic (exact) mass is 273 g/mol. The summed E-state index contributed by atoms with van der Waals surface area (Å²) < 4.78 is 0. The third kappa shape index (κ3) is 2.80. The molecule has 0 fully saturated rings. The van der Waals surface area contributed by atoms with Crippen LogP contribution in [0.4, 0.5) is 5.82 Å². The van der Waals surface area contributed by atoms with Gasteiger partial charge < -0.3 is 4.90 Å². The smallest absolute Gasteiger partial charge is 0.132 e. The summed E-state index contributed by atoms with van der Waals surface area (Å²) >= 11 is 6.09. The third-order valence-corrected chi connectivity index (χ3v) is 3.28. The minimum atomic E-state index is 0.494. The highest BCUT2D eigenvalue weighted by atomic mass is 35.5. The predicted octanol–water partition coefficient (Wildman–Crippen LogP) is 3.72. The Balaban J connectivity index is 2.66. The van der Waals surface area contributed by atoms with Crippen molar-refractivity contribution in [3.8, 4) is 6.07 Å². The van der Waals surface area contributed by atoms with Crippen LogP contribution in [-0.2, 0) is 6.42 Å². The first-order valence-corrected chi connectivity index (χ1v) is 6.54. The molecule has 4 heteroatoms. The molecule has 0 atom stereocenters. The molecule has 2 aromatic rings. The normalized spacial score (nSPS) is 10.5. The summed E-state index contributed by atoms with van der Waals surface area (Å²) in [7, 11) is 3.94. The van der Waals surface area contributed by atoms with E-state index in [1.165, 1.54) is 0 Å². The Morgan fingerprint density at radius 2 is 2.05 bits per heavy atom. The molecule has 0 unspecified atom stereocenters. The van der Waals surface area contributed by atoms with Crippen LogP contribution in [0.5, 0.6) is 0 Å². The van der Waals surface area contributed by atoms with Crippen molar-refractivity contribution in [2.75, 3.05) is 19.0 Å². The standard InChI is InChI=1S/C15H16ClN3/c1-10-7-13(16)9-12-8-11(5-4-6-17)15(19(2)3)18-14(10)12/h7-9H,4-5H2,1-3H3. The molecule has 0 aliphatic carbocycles. The second-order valence-electron chi connectivity index (χ2n) is 4.82. The molecule has 0 saturated carbocycles. The maximum absolute atomic E-state index is 8.75. The fraction of sp³-hybridized carbons (Fsp3) is 0.333. The maximum atomic E-state index is 8.75. The number of nitriles is 1. The lowest BCUT2D eigenvalue weighted by Crippen LogP contribution is -2.13. The van der Waals surface area contributed by atoms with Gasteiger partial charge in [0.25, 0.3) is 0 Å². The zero-order chi connectivity index (χ0) is 14.0. The van der Waals surface area contributed by atoms with Crippen molar-refractivity contribution in [3.05, 3.63) is 34.3 Å². The number of rotatable bonds is 3. The SMILES string of the molecule is Cc1cc(Cl)cc2cc(CCC#N)c(N(C)C)nc12. The average molecular weight is 274 g/mol. The van der Waals surface area contributed by atoms with Crippen LogP contribution < -0.4 is 4.90 Å². The van der Waals surface area contributed by atoms with E-state index in [1.54, 1.807) is 0 Å². The number of hydrogen-bond donors (Lipinski definition) is 0. The van der Waals surface area contributed by atoms with Crippen LogP contribution in [0, 0.1) is 18.3 Å². The van der Waals surface area contributed by atoms with Gasteiger partial charge in [-0.2, -0.15) is 5.26 Å². The van der Waals surface area contributed by atoms with Gasteiger partial charge in [-0.15, -0.1) is 0 Å². The van der Waals surface area contributed by atoms with E-state index in [9.17, 15) is 0 Å². The summed E-state index contributed by atoms with van der Waals surface area (Å²) in [5.74, 6) is 0.924. The number of halogens is 1. The number of anilines is 1. The van der Waals surface area contributed by atoms with Crippen LogP contribution in [0.1, 0.15) is 17.5 Å². The molecular formula is C15H16ClN3. The van der Waals surface area contributed by atoms with Gasteiger partial charge in [0.15, 0.2) is 0 Å². The number of hydrogen-bond acceptors (Lipinski definition) is 3. The summed E-state index contributed by atoms with van der Waals surface area (Å²) in [5.41, 5.74) is 3.12.